The van der Waals surface area contributed by atoms with E-state index in [0.29, 0.717) is 58.5 Å². The van der Waals surface area contributed by atoms with Crippen LogP contribution in [0.2, 0.25) is 0 Å². The van der Waals surface area contributed by atoms with Crippen LogP contribution in [-0.4, -0.2) is 127 Å². The predicted octanol–water partition coefficient (Wildman–Crippen LogP) is 2.73. The minimum Gasteiger partial charge on any atom is -0.489 e. The molecule has 0 saturated carbocycles. The normalized spacial score (nSPS) is 14.3. The molecule has 0 atom stereocenters. The van der Waals surface area contributed by atoms with E-state index in [4.69, 9.17) is 51.5 Å². The van der Waals surface area contributed by atoms with Gasteiger partial charge in [-0.15, -0.1) is 0 Å². The fraction of sp³-hybridized carbons (Fsp3) is 0.550. The summed E-state index contributed by atoms with van der Waals surface area (Å²) >= 11 is 0. The number of aliphatic hydroxyl groups excluding tert-OH is 3. The average Bonchev–Trinajstić information content (AvgIpc) is 3.18. The van der Waals surface area contributed by atoms with Gasteiger partial charge < -0.3 is 71.5 Å². The summed E-state index contributed by atoms with van der Waals surface area (Å²) in [7, 11) is 0. The van der Waals surface area contributed by atoms with E-state index in [0.717, 1.165) is 106 Å². The van der Waals surface area contributed by atoms with E-state index >= 15 is 0 Å². The zero-order chi connectivity index (χ0) is 38.4. The Labute approximate surface area is 320 Å². The number of hydrogen-bond acceptors (Lipinski definition) is 14. The van der Waals surface area contributed by atoms with Crippen LogP contribution in [0.15, 0.2) is 54.6 Å². The molecule has 54 heavy (non-hydrogen) atoms. The molecule has 3 heterocycles. The second-order valence-electron chi connectivity index (χ2n) is 13.3. The second-order valence-corrected chi connectivity index (χ2v) is 13.3. The summed E-state index contributed by atoms with van der Waals surface area (Å²) in [6, 6.07) is 17.7. The maximum Gasteiger partial charge on any atom is 0.144 e. The number of aryl methyl sites for hydroxylation is 1. The van der Waals surface area contributed by atoms with Crippen molar-refractivity contribution in [3.8, 4) is 11.5 Å². The molecule has 14 nitrogen and oxygen atoms in total. The minimum absolute atomic E-state index is 0.0657. The number of nitrogens with one attached hydrogen (secondary N) is 1. The second kappa shape index (κ2) is 24.3. The van der Waals surface area contributed by atoms with Crippen molar-refractivity contribution >= 4 is 34.1 Å². The van der Waals surface area contributed by atoms with Crippen molar-refractivity contribution in [2.45, 2.75) is 32.1 Å². The molecule has 3 aromatic carbocycles. The Morgan fingerprint density at radius 2 is 1.15 bits per heavy atom. The van der Waals surface area contributed by atoms with Crippen LogP contribution in [-0.2, 0) is 15.9 Å². The van der Waals surface area contributed by atoms with Gasteiger partial charge in [0, 0.05) is 80.8 Å². The van der Waals surface area contributed by atoms with E-state index in [2.05, 4.69) is 32.1 Å². The van der Waals surface area contributed by atoms with Crippen molar-refractivity contribution in [2.24, 2.45) is 0 Å². The molecule has 14 heteroatoms. The monoisotopic (exact) mass is 753 g/mol. The van der Waals surface area contributed by atoms with Gasteiger partial charge in [-0.25, -0.2) is 0 Å². The topological polar surface area (TPSA) is 197 Å². The summed E-state index contributed by atoms with van der Waals surface area (Å²) in [5, 5.41) is 29.1. The summed E-state index contributed by atoms with van der Waals surface area (Å²) in [5.74, 6) is 1.68. The Balaban J connectivity index is 0.000000181. The highest BCUT2D eigenvalue weighted by molar-refractivity contribution is 5.66. The fourth-order valence-electron chi connectivity index (χ4n) is 6.54. The number of nitrogen functional groups attached to an aromatic ring is 3. The van der Waals surface area contributed by atoms with E-state index in [1.165, 1.54) is 17.7 Å². The Hall–Kier alpha value is -4.18. The molecule has 10 N–H and O–H groups in total. The first-order chi connectivity index (χ1) is 26.4. The van der Waals surface area contributed by atoms with Gasteiger partial charge in [0.2, 0.25) is 0 Å². The van der Waals surface area contributed by atoms with E-state index in [1.54, 1.807) is 0 Å². The summed E-state index contributed by atoms with van der Waals surface area (Å²) in [6.07, 6.45) is 5.55. The lowest BCUT2D eigenvalue weighted by molar-refractivity contribution is 0.0959. The van der Waals surface area contributed by atoms with Gasteiger partial charge in [-0.1, -0.05) is 0 Å². The van der Waals surface area contributed by atoms with Crippen LogP contribution in [0, 0.1) is 0 Å². The molecule has 0 saturated heterocycles. The summed E-state index contributed by atoms with van der Waals surface area (Å²) in [6.45, 7) is 11.1. The zero-order valence-corrected chi connectivity index (χ0v) is 31.8. The van der Waals surface area contributed by atoms with Gasteiger partial charge in [-0.05, 0) is 80.1 Å². The van der Waals surface area contributed by atoms with Crippen LogP contribution >= 0.6 is 0 Å². The molecule has 0 spiro atoms. The molecular weight excluding hydrogens is 690 g/mol. The van der Waals surface area contributed by atoms with E-state index in [-0.39, 0.29) is 13.2 Å². The number of aliphatic hydroxyl groups is 3. The third-order valence-corrected chi connectivity index (χ3v) is 9.25. The van der Waals surface area contributed by atoms with Crippen LogP contribution in [0.3, 0.4) is 0 Å². The van der Waals surface area contributed by atoms with Crippen molar-refractivity contribution in [2.75, 3.05) is 144 Å². The number of nitrogens with two attached hydrogens (primary N) is 3. The lowest BCUT2D eigenvalue weighted by Crippen LogP contribution is -2.35. The maximum absolute atomic E-state index is 8.76. The predicted molar refractivity (Wildman–Crippen MR) is 218 cm³/mol. The number of fused-ring (bicyclic) bond motifs is 3. The van der Waals surface area contributed by atoms with Gasteiger partial charge in [-0.2, -0.15) is 0 Å². The molecule has 0 fully saturated rings. The first-order valence-corrected chi connectivity index (χ1v) is 19.3. The number of ether oxygens (including phenoxy) is 4. The van der Waals surface area contributed by atoms with Gasteiger partial charge in [-0.3, -0.25) is 0 Å². The number of rotatable bonds is 18. The highest BCUT2D eigenvalue weighted by Crippen LogP contribution is 2.34. The first kappa shape index (κ1) is 42.6. The number of nitrogens with zero attached hydrogens (tertiary/aromatic N) is 3. The summed E-state index contributed by atoms with van der Waals surface area (Å²) < 4.78 is 22.0. The number of hydrogen-bond donors (Lipinski definition) is 7. The number of benzene rings is 3. The molecule has 300 valence electrons. The van der Waals surface area contributed by atoms with Crippen LogP contribution in [0.25, 0.3) is 0 Å². The lowest BCUT2D eigenvalue weighted by Gasteiger charge is -2.31. The van der Waals surface area contributed by atoms with Crippen molar-refractivity contribution in [1.82, 2.24) is 5.32 Å². The van der Waals surface area contributed by atoms with Crippen molar-refractivity contribution < 1.29 is 34.3 Å². The lowest BCUT2D eigenvalue weighted by atomic mass is 10.0. The first-order valence-electron chi connectivity index (χ1n) is 19.3. The Kier molecular flexibility index (Phi) is 19.1. The third kappa shape index (κ3) is 14.2. The van der Waals surface area contributed by atoms with Crippen LogP contribution < -0.4 is 46.7 Å². The summed E-state index contributed by atoms with van der Waals surface area (Å²) in [4.78, 5) is 6.91. The quantitative estimate of drug-likeness (QED) is 0.0740. The number of anilines is 6. The SMILES string of the molecule is Nc1ccc2c(c1)CCCN2CCCCCO.Nc1ccc2c(c1)OCCN2CCOCCNCCO.Nc1ccc2c(c1)OCCN2CCOCCO. The van der Waals surface area contributed by atoms with Gasteiger partial charge in [0.15, 0.2) is 0 Å². The molecule has 0 aromatic heterocycles. The standard InChI is InChI=1S/C14H23N3O3.C14H22N2O.C12H18N2O3/c15-12-1-2-13-14(11-12)20-10-6-17(13)5-9-19-8-4-16-3-7-18;15-13-6-7-14-12(11-13)5-4-9-16(14)8-2-1-3-10-17;13-10-1-2-11-12(9-10)17-7-4-14(11)3-6-16-8-5-15/h1-2,11,16,18H,3-10,15H2;6-7,11,17H,1-5,8-10,15H2;1-2,9,15H,3-8,13H2. The minimum atomic E-state index is 0.0657. The molecular formula is C40H63N7O7. The van der Waals surface area contributed by atoms with E-state index in [9.17, 15) is 0 Å². The van der Waals surface area contributed by atoms with Gasteiger partial charge in [0.25, 0.3) is 0 Å². The molecule has 0 amide bonds. The Morgan fingerprint density at radius 3 is 1.74 bits per heavy atom. The van der Waals surface area contributed by atoms with Crippen LogP contribution in [0.1, 0.15) is 31.2 Å². The van der Waals surface area contributed by atoms with Gasteiger partial charge in [0.1, 0.15) is 24.7 Å². The zero-order valence-electron chi connectivity index (χ0n) is 31.8. The molecule has 3 aliphatic rings. The molecule has 0 unspecified atom stereocenters. The molecule has 0 radical (unpaired) electrons. The highest BCUT2D eigenvalue weighted by atomic mass is 16.5. The van der Waals surface area contributed by atoms with E-state index in [1.807, 2.05) is 42.5 Å². The maximum atomic E-state index is 8.76. The third-order valence-electron chi connectivity index (χ3n) is 9.25. The summed E-state index contributed by atoms with van der Waals surface area (Å²) in [5.41, 5.74) is 24.5. The van der Waals surface area contributed by atoms with Crippen molar-refractivity contribution in [3.05, 3.63) is 60.2 Å². The molecule has 3 aromatic rings. The van der Waals surface area contributed by atoms with Gasteiger partial charge in [0.05, 0.1) is 64.1 Å². The van der Waals surface area contributed by atoms with Crippen LogP contribution in [0.4, 0.5) is 34.1 Å². The van der Waals surface area contributed by atoms with Crippen molar-refractivity contribution in [3.63, 3.8) is 0 Å². The molecule has 0 bridgehead atoms. The Bertz CT molecular complexity index is 1430. The average molecular weight is 754 g/mol. The largest absolute Gasteiger partial charge is 0.489 e. The molecule has 3 aliphatic heterocycles. The molecule has 0 aliphatic carbocycles. The smallest absolute Gasteiger partial charge is 0.144 e. The molecule has 6 rings (SSSR count). The van der Waals surface area contributed by atoms with Crippen LogP contribution in [0.5, 0.6) is 11.5 Å². The van der Waals surface area contributed by atoms with Gasteiger partial charge >= 0.3 is 0 Å². The van der Waals surface area contributed by atoms with E-state index < -0.39 is 0 Å². The highest BCUT2D eigenvalue weighted by Gasteiger charge is 2.19. The van der Waals surface area contributed by atoms with Crippen molar-refractivity contribution in [1.29, 1.82) is 0 Å². The Morgan fingerprint density at radius 1 is 0.574 bits per heavy atom. The number of unbranched alkanes of at least 4 members (excludes halogenated alkanes) is 2. The fourth-order valence-corrected chi connectivity index (χ4v) is 6.54.